The van der Waals surface area contributed by atoms with Crippen molar-refractivity contribution < 1.29 is 14.4 Å². The highest BCUT2D eigenvalue weighted by atomic mass is 16.2. The second-order valence-corrected chi connectivity index (χ2v) is 9.92. The first-order chi connectivity index (χ1) is 16.3. The topological polar surface area (TPSA) is 96.3 Å². The molecule has 2 heterocycles. The molecule has 8 nitrogen and oxygen atoms in total. The molecule has 0 unspecified atom stereocenters. The molecule has 1 aliphatic heterocycles. The molecular weight excluding hydrogens is 430 g/mol. The third kappa shape index (κ3) is 5.00. The maximum atomic E-state index is 13.2. The van der Waals surface area contributed by atoms with Gasteiger partial charge in [0.25, 0.3) is 11.8 Å². The van der Waals surface area contributed by atoms with E-state index in [4.69, 9.17) is 0 Å². The van der Waals surface area contributed by atoms with Gasteiger partial charge in [-0.05, 0) is 45.1 Å². The molecule has 1 saturated carbocycles. The molecule has 3 amide bonds. The Labute approximate surface area is 201 Å². The summed E-state index contributed by atoms with van der Waals surface area (Å²) >= 11 is 0. The Morgan fingerprint density at radius 2 is 1.88 bits per heavy atom. The number of amides is 3. The van der Waals surface area contributed by atoms with Crippen LogP contribution in [0.5, 0.6) is 0 Å². The lowest BCUT2D eigenvalue weighted by atomic mass is 9.92. The molecule has 2 aromatic rings. The SMILES string of the molecule is C[C@@H](CCc1ccccc1)NC(=O)c1cc2n(n1)C[C@](C)(C(=O)NC1CCCCC1)N(C)C2=O. The van der Waals surface area contributed by atoms with Gasteiger partial charge in [-0.1, -0.05) is 49.6 Å². The lowest BCUT2D eigenvalue weighted by Crippen LogP contribution is -2.63. The highest BCUT2D eigenvalue weighted by molar-refractivity contribution is 6.01. The first-order valence-electron chi connectivity index (χ1n) is 12.3. The van der Waals surface area contributed by atoms with Gasteiger partial charge in [0.1, 0.15) is 11.2 Å². The molecule has 0 saturated heterocycles. The number of benzene rings is 1. The van der Waals surface area contributed by atoms with Crippen LogP contribution in [0.25, 0.3) is 0 Å². The molecule has 182 valence electrons. The number of nitrogens with one attached hydrogen (secondary N) is 2. The van der Waals surface area contributed by atoms with E-state index >= 15 is 0 Å². The average molecular weight is 466 g/mol. The molecule has 2 N–H and O–H groups in total. The van der Waals surface area contributed by atoms with Gasteiger partial charge in [0.15, 0.2) is 5.69 Å². The number of hydrogen-bond donors (Lipinski definition) is 2. The molecule has 1 aromatic heterocycles. The molecule has 0 bridgehead atoms. The van der Waals surface area contributed by atoms with Crippen molar-refractivity contribution in [3.05, 3.63) is 53.3 Å². The number of fused-ring (bicyclic) bond motifs is 1. The van der Waals surface area contributed by atoms with Gasteiger partial charge in [0.05, 0.1) is 6.54 Å². The van der Waals surface area contributed by atoms with Crippen LogP contribution in [-0.2, 0) is 17.8 Å². The van der Waals surface area contributed by atoms with E-state index in [0.717, 1.165) is 38.5 Å². The third-order valence-electron chi connectivity index (χ3n) is 7.25. The third-order valence-corrected chi connectivity index (χ3v) is 7.25. The average Bonchev–Trinajstić information content (AvgIpc) is 3.26. The number of carbonyl (C=O) groups is 3. The van der Waals surface area contributed by atoms with Crippen LogP contribution in [-0.4, -0.2) is 57.1 Å². The van der Waals surface area contributed by atoms with Crippen molar-refractivity contribution in [3.8, 4) is 0 Å². The van der Waals surface area contributed by atoms with Gasteiger partial charge in [-0.2, -0.15) is 5.10 Å². The fraction of sp³-hybridized carbons (Fsp3) is 0.538. The summed E-state index contributed by atoms with van der Waals surface area (Å²) in [6, 6.07) is 11.8. The van der Waals surface area contributed by atoms with E-state index < -0.39 is 5.54 Å². The Kier molecular flexibility index (Phi) is 7.05. The second kappa shape index (κ2) is 9.99. The fourth-order valence-corrected chi connectivity index (χ4v) is 4.82. The zero-order chi connectivity index (χ0) is 24.3. The first kappa shape index (κ1) is 24.0. The Morgan fingerprint density at radius 3 is 2.59 bits per heavy atom. The Morgan fingerprint density at radius 1 is 1.18 bits per heavy atom. The lowest BCUT2D eigenvalue weighted by Gasteiger charge is -2.41. The van der Waals surface area contributed by atoms with Crippen LogP contribution < -0.4 is 10.6 Å². The van der Waals surface area contributed by atoms with Crippen LogP contribution in [0.1, 0.15) is 78.9 Å². The van der Waals surface area contributed by atoms with E-state index in [2.05, 4.69) is 27.9 Å². The minimum atomic E-state index is -1.07. The normalized spacial score (nSPS) is 21.6. The Bertz CT molecular complexity index is 1040. The minimum Gasteiger partial charge on any atom is -0.351 e. The summed E-state index contributed by atoms with van der Waals surface area (Å²) in [5.41, 5.74) is 0.679. The number of rotatable bonds is 7. The van der Waals surface area contributed by atoms with Crippen molar-refractivity contribution in [2.75, 3.05) is 7.05 Å². The van der Waals surface area contributed by atoms with Crippen LogP contribution in [0, 0.1) is 0 Å². The number of likely N-dealkylation sites (N-methyl/N-ethyl adjacent to an activating group) is 1. The summed E-state index contributed by atoms with van der Waals surface area (Å²) in [5, 5.41) is 10.5. The van der Waals surface area contributed by atoms with Gasteiger partial charge in [0, 0.05) is 25.2 Å². The number of aromatic nitrogens is 2. The van der Waals surface area contributed by atoms with Crippen molar-refractivity contribution in [3.63, 3.8) is 0 Å². The van der Waals surface area contributed by atoms with Gasteiger partial charge in [-0.25, -0.2) is 0 Å². The molecule has 2 aliphatic rings. The van der Waals surface area contributed by atoms with Crippen molar-refractivity contribution >= 4 is 17.7 Å². The van der Waals surface area contributed by atoms with Crippen molar-refractivity contribution in [2.24, 2.45) is 0 Å². The van der Waals surface area contributed by atoms with Crippen LogP contribution in [0.15, 0.2) is 36.4 Å². The molecule has 1 fully saturated rings. The standard InChI is InChI=1S/C26H35N5O3/c1-18(14-15-19-10-6-4-7-11-19)27-23(32)21-16-22-24(33)30(3)26(2,17-31(22)29-21)25(34)28-20-12-8-5-9-13-20/h4,6-7,10-11,16,18,20H,5,8-9,12-15,17H2,1-3H3,(H,27,32)(H,28,34)/t18-,26+/m0/s1. The molecule has 0 spiro atoms. The van der Waals surface area contributed by atoms with Gasteiger partial charge in [-0.3, -0.25) is 19.1 Å². The predicted octanol–water partition coefficient (Wildman–Crippen LogP) is 2.93. The van der Waals surface area contributed by atoms with E-state index in [9.17, 15) is 14.4 Å². The van der Waals surface area contributed by atoms with E-state index in [1.54, 1.807) is 14.0 Å². The molecule has 0 radical (unpaired) electrons. The molecule has 34 heavy (non-hydrogen) atoms. The van der Waals surface area contributed by atoms with Crippen LogP contribution in [0.2, 0.25) is 0 Å². The zero-order valence-corrected chi connectivity index (χ0v) is 20.3. The van der Waals surface area contributed by atoms with Crippen molar-refractivity contribution in [1.29, 1.82) is 0 Å². The van der Waals surface area contributed by atoms with Gasteiger partial charge >= 0.3 is 0 Å². The first-order valence-corrected chi connectivity index (χ1v) is 12.3. The zero-order valence-electron chi connectivity index (χ0n) is 20.3. The smallest absolute Gasteiger partial charge is 0.272 e. The molecule has 1 aromatic carbocycles. The summed E-state index contributed by atoms with van der Waals surface area (Å²) in [7, 11) is 1.64. The Balaban J connectivity index is 1.41. The largest absolute Gasteiger partial charge is 0.351 e. The quantitative estimate of drug-likeness (QED) is 0.657. The minimum absolute atomic E-state index is 0.0450. The van der Waals surface area contributed by atoms with E-state index in [1.165, 1.54) is 27.6 Å². The highest BCUT2D eigenvalue weighted by Gasteiger charge is 2.46. The second-order valence-electron chi connectivity index (χ2n) is 9.92. The molecule has 2 atom stereocenters. The van der Waals surface area contributed by atoms with E-state index in [-0.39, 0.29) is 42.0 Å². The number of hydrogen-bond acceptors (Lipinski definition) is 4. The van der Waals surface area contributed by atoms with Gasteiger partial charge in [-0.15, -0.1) is 0 Å². The molecule has 1 aliphatic carbocycles. The van der Waals surface area contributed by atoms with Gasteiger partial charge in [0.2, 0.25) is 5.91 Å². The van der Waals surface area contributed by atoms with Gasteiger partial charge < -0.3 is 15.5 Å². The van der Waals surface area contributed by atoms with Crippen molar-refractivity contribution in [1.82, 2.24) is 25.3 Å². The Hall–Kier alpha value is -3.16. The molecule has 8 heteroatoms. The summed E-state index contributed by atoms with van der Waals surface area (Å²) in [6.07, 6.45) is 7.03. The summed E-state index contributed by atoms with van der Waals surface area (Å²) in [6.45, 7) is 3.93. The van der Waals surface area contributed by atoms with E-state index in [1.807, 2.05) is 25.1 Å². The predicted molar refractivity (Wildman–Crippen MR) is 129 cm³/mol. The summed E-state index contributed by atoms with van der Waals surface area (Å²) in [5.74, 6) is -0.792. The fourth-order valence-electron chi connectivity index (χ4n) is 4.82. The maximum Gasteiger partial charge on any atom is 0.272 e. The maximum absolute atomic E-state index is 13.2. The molecular formula is C26H35N5O3. The number of aryl methyl sites for hydroxylation is 1. The lowest BCUT2D eigenvalue weighted by molar-refractivity contribution is -0.133. The number of nitrogens with zero attached hydrogens (tertiary/aromatic N) is 3. The van der Waals surface area contributed by atoms with Crippen LogP contribution in [0.4, 0.5) is 0 Å². The van der Waals surface area contributed by atoms with E-state index in [0.29, 0.717) is 5.69 Å². The summed E-state index contributed by atoms with van der Waals surface area (Å²) in [4.78, 5) is 40.6. The monoisotopic (exact) mass is 465 g/mol. The van der Waals surface area contributed by atoms with Crippen LogP contribution in [0.3, 0.4) is 0 Å². The van der Waals surface area contributed by atoms with Crippen LogP contribution >= 0.6 is 0 Å². The highest BCUT2D eigenvalue weighted by Crippen LogP contribution is 2.27. The van der Waals surface area contributed by atoms with Crippen molar-refractivity contribution in [2.45, 2.75) is 83.0 Å². The summed E-state index contributed by atoms with van der Waals surface area (Å²) < 4.78 is 1.51. The number of carbonyl (C=O) groups excluding carboxylic acids is 3. The molecule has 4 rings (SSSR count).